The van der Waals surface area contributed by atoms with Gasteiger partial charge in [0.2, 0.25) is 10.0 Å². The van der Waals surface area contributed by atoms with Gasteiger partial charge in [-0.05, 0) is 34.1 Å². The summed E-state index contributed by atoms with van der Waals surface area (Å²) in [6, 6.07) is 4.53. The number of halogens is 1. The highest BCUT2D eigenvalue weighted by Gasteiger charge is 2.13. The van der Waals surface area contributed by atoms with Crippen LogP contribution in [0.15, 0.2) is 27.6 Å². The fourth-order valence-electron chi connectivity index (χ4n) is 0.962. The Morgan fingerprint density at radius 1 is 1.50 bits per heavy atom. The van der Waals surface area contributed by atoms with Gasteiger partial charge in [0.05, 0.1) is 4.90 Å². The molecule has 0 bridgehead atoms. The molecule has 0 heterocycles. The highest BCUT2D eigenvalue weighted by atomic mass is 79.9. The highest BCUT2D eigenvalue weighted by Crippen LogP contribution is 2.22. The van der Waals surface area contributed by atoms with Crippen LogP contribution in [0.1, 0.15) is 6.92 Å². The Hall–Kier alpha value is -0.590. The fourth-order valence-corrected chi connectivity index (χ4v) is 2.28. The van der Waals surface area contributed by atoms with Gasteiger partial charge >= 0.3 is 0 Å². The van der Waals surface area contributed by atoms with E-state index in [4.69, 9.17) is 5.73 Å². The van der Waals surface area contributed by atoms with Crippen molar-refractivity contribution < 1.29 is 8.42 Å². The monoisotopic (exact) mass is 278 g/mol. The van der Waals surface area contributed by atoms with Crippen LogP contribution >= 0.6 is 15.9 Å². The molecule has 0 aliphatic heterocycles. The van der Waals surface area contributed by atoms with E-state index in [1.807, 2.05) is 0 Å². The first-order valence-corrected chi connectivity index (χ1v) is 6.29. The normalized spacial score (nSPS) is 11.6. The first kappa shape index (κ1) is 11.5. The van der Waals surface area contributed by atoms with Gasteiger partial charge in [0.25, 0.3) is 0 Å². The minimum Gasteiger partial charge on any atom is -0.398 e. The van der Waals surface area contributed by atoms with Gasteiger partial charge in [-0.2, -0.15) is 0 Å². The van der Waals surface area contributed by atoms with Crippen LogP contribution in [0.2, 0.25) is 0 Å². The van der Waals surface area contributed by atoms with Crippen molar-refractivity contribution in [2.45, 2.75) is 11.8 Å². The van der Waals surface area contributed by atoms with E-state index in [1.165, 1.54) is 12.1 Å². The summed E-state index contributed by atoms with van der Waals surface area (Å²) >= 11 is 3.19. The van der Waals surface area contributed by atoms with Crippen molar-refractivity contribution in [1.82, 2.24) is 4.72 Å². The van der Waals surface area contributed by atoms with Gasteiger partial charge in [0.15, 0.2) is 0 Å². The van der Waals surface area contributed by atoms with E-state index in [-0.39, 0.29) is 4.90 Å². The van der Waals surface area contributed by atoms with E-state index in [1.54, 1.807) is 13.0 Å². The summed E-state index contributed by atoms with van der Waals surface area (Å²) in [5, 5.41) is 0. The van der Waals surface area contributed by atoms with Crippen LogP contribution in [-0.2, 0) is 10.0 Å². The van der Waals surface area contributed by atoms with Crippen molar-refractivity contribution >= 4 is 31.6 Å². The predicted molar refractivity (Wildman–Crippen MR) is 59.4 cm³/mol. The standard InChI is InChI=1S/C8H11BrN2O2S/c1-2-11-14(12,13)6-3-4-7(9)8(10)5-6/h3-5,11H,2,10H2,1H3. The number of nitrogen functional groups attached to an aromatic ring is 1. The minimum atomic E-state index is -3.40. The first-order valence-electron chi connectivity index (χ1n) is 4.02. The summed E-state index contributed by atoms with van der Waals surface area (Å²) in [6.07, 6.45) is 0. The summed E-state index contributed by atoms with van der Waals surface area (Å²) < 4.78 is 26.1. The lowest BCUT2D eigenvalue weighted by atomic mass is 10.3. The number of hydrogen-bond acceptors (Lipinski definition) is 3. The lowest BCUT2D eigenvalue weighted by molar-refractivity contribution is 0.584. The average molecular weight is 279 g/mol. The van der Waals surface area contributed by atoms with Gasteiger partial charge in [-0.1, -0.05) is 6.92 Å². The van der Waals surface area contributed by atoms with Crippen LogP contribution in [-0.4, -0.2) is 15.0 Å². The summed E-state index contributed by atoms with van der Waals surface area (Å²) in [5.41, 5.74) is 5.98. The maximum Gasteiger partial charge on any atom is 0.240 e. The Balaban J connectivity index is 3.15. The highest BCUT2D eigenvalue weighted by molar-refractivity contribution is 9.10. The Morgan fingerprint density at radius 2 is 2.14 bits per heavy atom. The predicted octanol–water partition coefficient (Wildman–Crippen LogP) is 1.33. The van der Waals surface area contributed by atoms with Gasteiger partial charge in [-0.25, -0.2) is 13.1 Å². The topological polar surface area (TPSA) is 72.2 Å². The summed E-state index contributed by atoms with van der Waals surface area (Å²) in [5.74, 6) is 0. The van der Waals surface area contributed by atoms with Gasteiger partial charge in [-0.3, -0.25) is 0 Å². The van der Waals surface area contributed by atoms with Gasteiger partial charge in [0.1, 0.15) is 0 Å². The molecule has 0 aliphatic rings. The number of nitrogens with one attached hydrogen (secondary N) is 1. The van der Waals surface area contributed by atoms with Crippen LogP contribution in [0.3, 0.4) is 0 Å². The zero-order chi connectivity index (χ0) is 10.8. The van der Waals surface area contributed by atoms with E-state index in [9.17, 15) is 8.42 Å². The van der Waals surface area contributed by atoms with E-state index < -0.39 is 10.0 Å². The van der Waals surface area contributed by atoms with E-state index in [2.05, 4.69) is 20.7 Å². The zero-order valence-electron chi connectivity index (χ0n) is 7.62. The Kier molecular flexibility index (Phi) is 3.52. The van der Waals surface area contributed by atoms with Crippen molar-refractivity contribution in [3.05, 3.63) is 22.7 Å². The Labute approximate surface area is 91.7 Å². The van der Waals surface area contributed by atoms with Crippen LogP contribution in [0.5, 0.6) is 0 Å². The molecule has 0 aliphatic carbocycles. The molecule has 0 unspecified atom stereocenters. The molecule has 3 N–H and O–H groups in total. The van der Waals surface area contributed by atoms with E-state index in [0.717, 1.165) is 0 Å². The van der Waals surface area contributed by atoms with Crippen molar-refractivity contribution in [3.63, 3.8) is 0 Å². The summed E-state index contributed by atoms with van der Waals surface area (Å²) in [7, 11) is -3.40. The molecule has 14 heavy (non-hydrogen) atoms. The second-order valence-electron chi connectivity index (χ2n) is 2.68. The molecule has 0 radical (unpaired) electrons. The SMILES string of the molecule is CCNS(=O)(=O)c1ccc(Br)c(N)c1. The zero-order valence-corrected chi connectivity index (χ0v) is 10.0. The van der Waals surface area contributed by atoms with E-state index in [0.29, 0.717) is 16.7 Å². The lowest BCUT2D eigenvalue weighted by Gasteiger charge is -2.05. The molecule has 0 atom stereocenters. The van der Waals surface area contributed by atoms with E-state index >= 15 is 0 Å². The molecule has 4 nitrogen and oxygen atoms in total. The van der Waals surface area contributed by atoms with Crippen LogP contribution in [0.25, 0.3) is 0 Å². The molecule has 0 saturated carbocycles. The molecule has 0 spiro atoms. The lowest BCUT2D eigenvalue weighted by Crippen LogP contribution is -2.23. The molecule has 0 fully saturated rings. The van der Waals surface area contributed by atoms with Crippen molar-refractivity contribution in [2.24, 2.45) is 0 Å². The van der Waals surface area contributed by atoms with Crippen LogP contribution in [0.4, 0.5) is 5.69 Å². The first-order chi connectivity index (χ1) is 6.47. The van der Waals surface area contributed by atoms with Gasteiger partial charge in [0, 0.05) is 16.7 Å². The Morgan fingerprint density at radius 3 is 2.64 bits per heavy atom. The number of rotatable bonds is 3. The second kappa shape index (κ2) is 4.29. The molecule has 6 heteroatoms. The third-order valence-electron chi connectivity index (χ3n) is 1.61. The largest absolute Gasteiger partial charge is 0.398 e. The molecule has 1 aromatic rings. The molecular weight excluding hydrogens is 268 g/mol. The Bertz CT molecular complexity index is 431. The number of benzene rings is 1. The van der Waals surface area contributed by atoms with Crippen LogP contribution in [0, 0.1) is 0 Å². The van der Waals surface area contributed by atoms with Gasteiger partial charge < -0.3 is 5.73 Å². The fraction of sp³-hybridized carbons (Fsp3) is 0.250. The number of anilines is 1. The third-order valence-corrected chi connectivity index (χ3v) is 3.88. The van der Waals surface area contributed by atoms with Gasteiger partial charge in [-0.15, -0.1) is 0 Å². The minimum absolute atomic E-state index is 0.181. The maximum atomic E-state index is 11.5. The van der Waals surface area contributed by atoms with Crippen molar-refractivity contribution in [1.29, 1.82) is 0 Å². The molecule has 0 aromatic heterocycles. The van der Waals surface area contributed by atoms with Crippen molar-refractivity contribution in [3.8, 4) is 0 Å². The average Bonchev–Trinajstić information content (AvgIpc) is 2.09. The smallest absolute Gasteiger partial charge is 0.240 e. The molecule has 0 saturated heterocycles. The third kappa shape index (κ3) is 2.46. The van der Waals surface area contributed by atoms with Crippen LogP contribution < -0.4 is 10.5 Å². The quantitative estimate of drug-likeness (QED) is 0.820. The second-order valence-corrected chi connectivity index (χ2v) is 5.31. The number of hydrogen-bond donors (Lipinski definition) is 2. The molecule has 0 amide bonds. The molecule has 1 rings (SSSR count). The molecular formula is C8H11BrN2O2S. The van der Waals surface area contributed by atoms with Crippen molar-refractivity contribution in [2.75, 3.05) is 12.3 Å². The molecule has 1 aromatic carbocycles. The molecule has 78 valence electrons. The maximum absolute atomic E-state index is 11.5. The summed E-state index contributed by atoms with van der Waals surface area (Å²) in [4.78, 5) is 0.181. The number of nitrogens with two attached hydrogens (primary N) is 1. The summed E-state index contributed by atoms with van der Waals surface area (Å²) in [6.45, 7) is 2.08. The number of sulfonamides is 1.